The topological polar surface area (TPSA) is 231 Å². The first kappa shape index (κ1) is 66.0. The van der Waals surface area contributed by atoms with Gasteiger partial charge in [-0.05, 0) is 96.3 Å². The van der Waals surface area contributed by atoms with Crippen molar-refractivity contribution in [3.63, 3.8) is 0 Å². The lowest BCUT2D eigenvalue weighted by Crippen LogP contribution is -2.61. The number of allylic oxidation sites excluding steroid dienone is 20. The predicted molar refractivity (Wildman–Crippen MR) is 288 cm³/mol. The van der Waals surface area contributed by atoms with Crippen LogP contribution in [0.4, 0.5) is 0 Å². The molecule has 0 aromatic rings. The van der Waals surface area contributed by atoms with E-state index in [0.717, 1.165) is 77.0 Å². The summed E-state index contributed by atoms with van der Waals surface area (Å²) < 4.78 is 33.5. The van der Waals surface area contributed by atoms with E-state index in [9.17, 15) is 45.3 Å². The Bertz CT molecular complexity index is 1750. The van der Waals surface area contributed by atoms with Crippen LogP contribution >= 0.6 is 0 Å². The number of hydrogen-bond donors (Lipinski definition) is 7. The van der Waals surface area contributed by atoms with Gasteiger partial charge in [0, 0.05) is 12.8 Å². The molecule has 2 aliphatic rings. The van der Waals surface area contributed by atoms with Crippen molar-refractivity contribution >= 4 is 11.9 Å². The molecule has 0 bridgehead atoms. The van der Waals surface area contributed by atoms with Gasteiger partial charge in [-0.15, -0.1) is 0 Å². The predicted octanol–water partition coefficient (Wildman–Crippen LogP) is 8.49. The standard InChI is InChI=1S/C59H92O15/c1-3-5-7-9-11-13-15-17-19-21-23-25-27-29-31-33-35-37-39-41-50(61)69-44-47(72-51(62)42-40-38-36-34-32-30-28-26-24-22-20-18-16-14-12-10-8-6-4-2)45-70-58-57(68)55(66)53(64)49(74-58)46-71-59-56(67)54(65)52(63)48(43-60)73-59/h6,8,11-14,17-20,23-26,29-32,35,37,47-49,52-60,63-68H,3-5,7,9-10,15-16,21-22,27-28,33-34,36,38-46H2,1-2H3/b8-6+,13-11+,14-12+,19-17+,20-18+,25-23+,26-24+,31-29+,32-30+,37-35+/t47-,48+,49+,52-,53-,54?,55?,56?,57?,58+,59+/m0/s1. The molecule has 0 aliphatic carbocycles. The van der Waals surface area contributed by atoms with Crippen molar-refractivity contribution in [1.82, 2.24) is 0 Å². The van der Waals surface area contributed by atoms with E-state index in [1.54, 1.807) is 0 Å². The third-order valence-electron chi connectivity index (χ3n) is 11.9. The number of rotatable bonds is 40. The molecule has 4 unspecified atom stereocenters. The first-order chi connectivity index (χ1) is 36.0. The zero-order valence-corrected chi connectivity index (χ0v) is 44.3. The number of ether oxygens (including phenoxy) is 6. The number of aliphatic hydroxyl groups excluding tert-OH is 7. The molecular formula is C59H92O15. The first-order valence-electron chi connectivity index (χ1n) is 27.1. The summed E-state index contributed by atoms with van der Waals surface area (Å²) in [6, 6.07) is 0. The Labute approximate surface area is 442 Å². The number of carbonyl (C=O) groups is 2. The second kappa shape index (κ2) is 44.1. The van der Waals surface area contributed by atoms with Crippen molar-refractivity contribution in [3.8, 4) is 0 Å². The van der Waals surface area contributed by atoms with Crippen molar-refractivity contribution in [2.75, 3.05) is 26.4 Å². The maximum atomic E-state index is 13.0. The summed E-state index contributed by atoms with van der Waals surface area (Å²) >= 11 is 0. The van der Waals surface area contributed by atoms with Gasteiger partial charge in [0.25, 0.3) is 0 Å². The average Bonchev–Trinajstić information content (AvgIpc) is 3.39. The van der Waals surface area contributed by atoms with Crippen LogP contribution < -0.4 is 0 Å². The van der Waals surface area contributed by atoms with Gasteiger partial charge in [0.2, 0.25) is 0 Å². The van der Waals surface area contributed by atoms with E-state index in [0.29, 0.717) is 19.3 Å². The SMILES string of the molecule is CC/C=C/C/C=C/C/C=C/C/C=C/C/C=C/CCCCCC(=O)O[C@@H](COC(=O)CC/C=C/C/C=C/C/C=C/C/C=C/C/C=C/CCCCC)CO[C@@H]1O[C@H](CO[C@@H]2O[C@H](CO)[C@H](O)C(O)C2O)[C@H](O)C(O)C1O. The minimum absolute atomic E-state index is 0.0786. The summed E-state index contributed by atoms with van der Waals surface area (Å²) in [5.74, 6) is -1.07. The van der Waals surface area contributed by atoms with Crippen LogP contribution in [0.3, 0.4) is 0 Å². The van der Waals surface area contributed by atoms with Crippen LogP contribution in [0.15, 0.2) is 122 Å². The van der Waals surface area contributed by atoms with Crippen molar-refractivity contribution in [2.24, 2.45) is 0 Å². The fourth-order valence-electron chi connectivity index (χ4n) is 7.52. The van der Waals surface area contributed by atoms with E-state index >= 15 is 0 Å². The molecule has 0 aromatic carbocycles. The molecule has 2 heterocycles. The molecule has 418 valence electrons. The third kappa shape index (κ3) is 31.1. The van der Waals surface area contributed by atoms with Gasteiger partial charge >= 0.3 is 11.9 Å². The Kier molecular flexibility index (Phi) is 39.3. The largest absolute Gasteiger partial charge is 0.462 e. The van der Waals surface area contributed by atoms with Gasteiger partial charge in [0.15, 0.2) is 18.7 Å². The molecule has 11 atom stereocenters. The normalized spacial score (nSPS) is 25.6. The van der Waals surface area contributed by atoms with E-state index < -0.39 is 99.3 Å². The van der Waals surface area contributed by atoms with Crippen LogP contribution in [0, 0.1) is 0 Å². The molecule has 2 aliphatic heterocycles. The van der Waals surface area contributed by atoms with Crippen LogP contribution in [0.25, 0.3) is 0 Å². The molecule has 0 amide bonds. The maximum Gasteiger partial charge on any atom is 0.306 e. The molecule has 0 aromatic heterocycles. The number of aliphatic hydroxyl groups is 7. The number of carbonyl (C=O) groups excluding carboxylic acids is 2. The minimum atomic E-state index is -1.79. The first-order valence-corrected chi connectivity index (χ1v) is 27.1. The van der Waals surface area contributed by atoms with E-state index in [1.165, 1.54) is 19.3 Å². The molecule has 2 rings (SSSR count). The Balaban J connectivity index is 1.85. The zero-order valence-electron chi connectivity index (χ0n) is 44.3. The molecule has 7 N–H and O–H groups in total. The number of unbranched alkanes of at least 4 members (excludes halogenated alkanes) is 6. The van der Waals surface area contributed by atoms with E-state index in [-0.39, 0.29) is 19.4 Å². The van der Waals surface area contributed by atoms with Crippen LogP contribution in [-0.2, 0) is 38.0 Å². The highest BCUT2D eigenvalue weighted by molar-refractivity contribution is 5.70. The van der Waals surface area contributed by atoms with Gasteiger partial charge in [0.05, 0.1) is 19.8 Å². The summed E-state index contributed by atoms with van der Waals surface area (Å²) in [5, 5.41) is 72.2. The number of esters is 2. The summed E-state index contributed by atoms with van der Waals surface area (Å²) in [6.45, 7) is 2.31. The monoisotopic (exact) mass is 1040 g/mol. The molecule has 74 heavy (non-hydrogen) atoms. The molecule has 2 fully saturated rings. The highest BCUT2D eigenvalue weighted by Crippen LogP contribution is 2.26. The fraction of sp³-hybridized carbons (Fsp3) is 0.627. The Hall–Kier alpha value is -4.10. The molecule has 2 saturated heterocycles. The van der Waals surface area contributed by atoms with Gasteiger partial charge in [0.1, 0.15) is 55.4 Å². The van der Waals surface area contributed by atoms with Crippen LogP contribution in [0.2, 0.25) is 0 Å². The summed E-state index contributed by atoms with van der Waals surface area (Å²) in [4.78, 5) is 25.8. The fourth-order valence-corrected chi connectivity index (χ4v) is 7.52. The molecule has 15 nitrogen and oxygen atoms in total. The molecule has 0 spiro atoms. The zero-order chi connectivity index (χ0) is 53.9. The maximum absolute atomic E-state index is 13.0. The van der Waals surface area contributed by atoms with Crippen LogP contribution in [0.5, 0.6) is 0 Å². The number of hydrogen-bond acceptors (Lipinski definition) is 15. The minimum Gasteiger partial charge on any atom is -0.462 e. The Morgan fingerprint density at radius 3 is 1.36 bits per heavy atom. The molecular weight excluding hydrogens is 949 g/mol. The van der Waals surface area contributed by atoms with Crippen LogP contribution in [-0.4, -0.2) is 142 Å². The third-order valence-corrected chi connectivity index (χ3v) is 11.9. The van der Waals surface area contributed by atoms with Gasteiger partial charge in [-0.2, -0.15) is 0 Å². The van der Waals surface area contributed by atoms with E-state index in [4.69, 9.17) is 28.4 Å². The second-order valence-corrected chi connectivity index (χ2v) is 18.3. The quantitative estimate of drug-likeness (QED) is 0.0173. The summed E-state index contributed by atoms with van der Waals surface area (Å²) in [5.41, 5.74) is 0. The van der Waals surface area contributed by atoms with Crippen molar-refractivity contribution in [1.29, 1.82) is 0 Å². The van der Waals surface area contributed by atoms with Gasteiger partial charge in [-0.3, -0.25) is 9.59 Å². The Morgan fingerprint density at radius 1 is 0.446 bits per heavy atom. The van der Waals surface area contributed by atoms with E-state index in [1.807, 2.05) is 12.2 Å². The van der Waals surface area contributed by atoms with Gasteiger partial charge in [-0.25, -0.2) is 0 Å². The highest BCUT2D eigenvalue weighted by atomic mass is 16.7. The lowest BCUT2D eigenvalue weighted by molar-refractivity contribution is -0.332. The van der Waals surface area contributed by atoms with Crippen LogP contribution in [0.1, 0.15) is 142 Å². The smallest absolute Gasteiger partial charge is 0.306 e. The molecule has 0 radical (unpaired) electrons. The Morgan fingerprint density at radius 2 is 0.878 bits per heavy atom. The van der Waals surface area contributed by atoms with Crippen molar-refractivity contribution in [2.45, 2.75) is 210 Å². The molecule has 0 saturated carbocycles. The summed E-state index contributed by atoms with van der Waals surface area (Å²) in [7, 11) is 0. The summed E-state index contributed by atoms with van der Waals surface area (Å²) in [6.07, 6.45) is 42.3. The average molecular weight is 1040 g/mol. The van der Waals surface area contributed by atoms with Gasteiger partial charge in [-0.1, -0.05) is 155 Å². The second-order valence-electron chi connectivity index (χ2n) is 18.3. The lowest BCUT2D eigenvalue weighted by Gasteiger charge is -2.42. The van der Waals surface area contributed by atoms with Crippen molar-refractivity contribution in [3.05, 3.63) is 122 Å². The van der Waals surface area contributed by atoms with Crippen molar-refractivity contribution < 1.29 is 73.8 Å². The van der Waals surface area contributed by atoms with Gasteiger partial charge < -0.3 is 64.2 Å². The molecule has 15 heteroatoms. The van der Waals surface area contributed by atoms with E-state index in [2.05, 4.69) is 123 Å². The lowest BCUT2D eigenvalue weighted by atomic mass is 9.98. The highest BCUT2D eigenvalue weighted by Gasteiger charge is 2.47.